The van der Waals surface area contributed by atoms with Gasteiger partial charge in [0.25, 0.3) is 0 Å². The van der Waals surface area contributed by atoms with Crippen molar-refractivity contribution in [3.63, 3.8) is 0 Å². The van der Waals surface area contributed by atoms with Gasteiger partial charge in [0, 0.05) is 6.54 Å². The van der Waals surface area contributed by atoms with Crippen LogP contribution in [0.1, 0.15) is 33.1 Å². The van der Waals surface area contributed by atoms with Gasteiger partial charge in [-0.05, 0) is 13.3 Å². The smallest absolute Gasteiger partial charge is 0.124 e. The van der Waals surface area contributed by atoms with Crippen molar-refractivity contribution in [3.05, 3.63) is 0 Å². The SMILES string of the molecule is CCCCCNOC(C)N. The van der Waals surface area contributed by atoms with Gasteiger partial charge in [-0.25, -0.2) is 5.48 Å². The molecule has 0 aliphatic rings. The van der Waals surface area contributed by atoms with Crippen molar-refractivity contribution < 1.29 is 4.84 Å². The summed E-state index contributed by atoms with van der Waals surface area (Å²) < 4.78 is 0. The molecule has 10 heavy (non-hydrogen) atoms. The Morgan fingerprint density at radius 2 is 2.20 bits per heavy atom. The predicted molar refractivity (Wildman–Crippen MR) is 42.3 cm³/mol. The number of unbranched alkanes of at least 4 members (excludes halogenated alkanes) is 2. The topological polar surface area (TPSA) is 47.3 Å². The summed E-state index contributed by atoms with van der Waals surface area (Å²) in [4.78, 5) is 4.92. The summed E-state index contributed by atoms with van der Waals surface area (Å²) in [5.41, 5.74) is 8.12. The van der Waals surface area contributed by atoms with Crippen molar-refractivity contribution in [2.75, 3.05) is 6.54 Å². The fraction of sp³-hybridized carbons (Fsp3) is 1.00. The van der Waals surface area contributed by atoms with Crippen LogP contribution < -0.4 is 11.2 Å². The molecule has 0 saturated carbocycles. The molecule has 0 aromatic rings. The Balaban J connectivity index is 2.77. The molecular weight excluding hydrogens is 128 g/mol. The minimum Gasteiger partial charge on any atom is -0.305 e. The molecule has 3 nitrogen and oxygen atoms in total. The summed E-state index contributed by atoms with van der Waals surface area (Å²) in [5.74, 6) is 0. The summed E-state index contributed by atoms with van der Waals surface area (Å²) in [6.07, 6.45) is 3.43. The molecule has 0 heterocycles. The van der Waals surface area contributed by atoms with Gasteiger partial charge < -0.3 is 5.73 Å². The van der Waals surface area contributed by atoms with Crippen molar-refractivity contribution in [3.8, 4) is 0 Å². The number of rotatable bonds is 6. The van der Waals surface area contributed by atoms with Gasteiger partial charge >= 0.3 is 0 Å². The monoisotopic (exact) mass is 146 g/mol. The highest BCUT2D eigenvalue weighted by Gasteiger charge is 1.90. The van der Waals surface area contributed by atoms with Gasteiger partial charge in [0.2, 0.25) is 0 Å². The van der Waals surface area contributed by atoms with Crippen LogP contribution in [-0.4, -0.2) is 12.8 Å². The summed E-state index contributed by atoms with van der Waals surface area (Å²) in [6.45, 7) is 4.87. The highest BCUT2D eigenvalue weighted by Crippen LogP contribution is 1.90. The van der Waals surface area contributed by atoms with Gasteiger partial charge in [0.1, 0.15) is 6.23 Å². The Hall–Kier alpha value is -0.120. The molecule has 0 aromatic heterocycles. The van der Waals surface area contributed by atoms with Gasteiger partial charge in [-0.15, -0.1) is 0 Å². The van der Waals surface area contributed by atoms with Gasteiger partial charge in [-0.1, -0.05) is 19.8 Å². The normalized spacial score (nSPS) is 13.5. The largest absolute Gasteiger partial charge is 0.305 e. The Bertz CT molecular complexity index is 66.6. The van der Waals surface area contributed by atoms with E-state index in [0.717, 1.165) is 13.0 Å². The first kappa shape index (κ1) is 9.88. The van der Waals surface area contributed by atoms with E-state index in [9.17, 15) is 0 Å². The molecule has 0 fully saturated rings. The molecule has 0 radical (unpaired) electrons. The van der Waals surface area contributed by atoms with Crippen molar-refractivity contribution in [2.24, 2.45) is 5.73 Å². The molecule has 0 saturated heterocycles. The fourth-order valence-corrected chi connectivity index (χ4v) is 0.638. The van der Waals surface area contributed by atoms with E-state index in [-0.39, 0.29) is 6.23 Å². The number of nitrogens with one attached hydrogen (secondary N) is 1. The molecular formula is C7H18N2O. The molecule has 0 bridgehead atoms. The van der Waals surface area contributed by atoms with E-state index in [1.165, 1.54) is 12.8 Å². The fourth-order valence-electron chi connectivity index (χ4n) is 0.638. The second kappa shape index (κ2) is 6.99. The third-order valence-electron chi connectivity index (χ3n) is 1.15. The third kappa shape index (κ3) is 7.88. The lowest BCUT2D eigenvalue weighted by Gasteiger charge is -2.07. The van der Waals surface area contributed by atoms with E-state index in [1.54, 1.807) is 6.92 Å². The summed E-state index contributed by atoms with van der Waals surface area (Å²) in [5, 5.41) is 0. The maximum atomic E-state index is 5.32. The van der Waals surface area contributed by atoms with Crippen LogP contribution in [0.2, 0.25) is 0 Å². The van der Waals surface area contributed by atoms with Crippen molar-refractivity contribution >= 4 is 0 Å². The van der Waals surface area contributed by atoms with Crippen LogP contribution in [0, 0.1) is 0 Å². The molecule has 0 amide bonds. The van der Waals surface area contributed by atoms with E-state index in [4.69, 9.17) is 10.6 Å². The van der Waals surface area contributed by atoms with E-state index < -0.39 is 0 Å². The van der Waals surface area contributed by atoms with E-state index in [0.29, 0.717) is 0 Å². The molecule has 0 rings (SSSR count). The second-order valence-corrected chi connectivity index (χ2v) is 2.42. The average Bonchev–Trinajstić information content (AvgIpc) is 1.87. The lowest BCUT2D eigenvalue weighted by molar-refractivity contribution is -0.0117. The Morgan fingerprint density at radius 3 is 2.70 bits per heavy atom. The van der Waals surface area contributed by atoms with E-state index in [2.05, 4.69) is 12.4 Å². The van der Waals surface area contributed by atoms with Gasteiger partial charge in [-0.3, -0.25) is 4.84 Å². The minimum atomic E-state index is -0.207. The van der Waals surface area contributed by atoms with Crippen LogP contribution in [0.25, 0.3) is 0 Å². The number of hydroxylamine groups is 1. The third-order valence-corrected chi connectivity index (χ3v) is 1.15. The maximum absolute atomic E-state index is 5.32. The summed E-state index contributed by atoms with van der Waals surface area (Å²) in [6, 6.07) is 0. The molecule has 3 N–H and O–H groups in total. The number of nitrogens with two attached hydrogens (primary N) is 1. The lowest BCUT2D eigenvalue weighted by atomic mass is 10.3. The van der Waals surface area contributed by atoms with Crippen molar-refractivity contribution in [1.82, 2.24) is 5.48 Å². The van der Waals surface area contributed by atoms with E-state index >= 15 is 0 Å². The van der Waals surface area contributed by atoms with Crippen LogP contribution in [0.5, 0.6) is 0 Å². The molecule has 62 valence electrons. The summed E-state index contributed by atoms with van der Waals surface area (Å²) in [7, 11) is 0. The average molecular weight is 146 g/mol. The molecule has 3 heteroatoms. The molecule has 0 aliphatic heterocycles. The van der Waals surface area contributed by atoms with Crippen molar-refractivity contribution in [1.29, 1.82) is 0 Å². The molecule has 1 unspecified atom stereocenters. The maximum Gasteiger partial charge on any atom is 0.124 e. The highest BCUT2D eigenvalue weighted by molar-refractivity contribution is 4.38. The molecule has 0 spiro atoms. The Kier molecular flexibility index (Phi) is 6.91. The molecule has 0 aromatic carbocycles. The molecule has 0 aliphatic carbocycles. The zero-order valence-corrected chi connectivity index (χ0v) is 6.89. The Labute approximate surface area is 62.9 Å². The predicted octanol–water partition coefficient (Wildman–Crippen LogP) is 1.00. The first-order valence-electron chi connectivity index (χ1n) is 3.91. The van der Waals surface area contributed by atoms with E-state index in [1.807, 2.05) is 0 Å². The highest BCUT2D eigenvalue weighted by atomic mass is 16.7. The van der Waals surface area contributed by atoms with Gasteiger partial charge in [0.15, 0.2) is 0 Å². The zero-order valence-electron chi connectivity index (χ0n) is 6.89. The first-order chi connectivity index (χ1) is 4.77. The van der Waals surface area contributed by atoms with Crippen LogP contribution in [-0.2, 0) is 4.84 Å². The lowest BCUT2D eigenvalue weighted by Crippen LogP contribution is -2.28. The number of hydrogen-bond donors (Lipinski definition) is 2. The zero-order chi connectivity index (χ0) is 7.82. The van der Waals surface area contributed by atoms with Crippen LogP contribution in [0.15, 0.2) is 0 Å². The first-order valence-corrected chi connectivity index (χ1v) is 3.91. The quantitative estimate of drug-likeness (QED) is 0.334. The Morgan fingerprint density at radius 1 is 1.50 bits per heavy atom. The van der Waals surface area contributed by atoms with Crippen LogP contribution in [0.3, 0.4) is 0 Å². The second-order valence-electron chi connectivity index (χ2n) is 2.42. The standard InChI is InChI=1S/C7H18N2O/c1-3-4-5-6-9-10-7(2)8/h7,9H,3-6,8H2,1-2H3. The van der Waals surface area contributed by atoms with Crippen molar-refractivity contribution in [2.45, 2.75) is 39.3 Å². The van der Waals surface area contributed by atoms with Crippen LogP contribution >= 0.6 is 0 Å². The van der Waals surface area contributed by atoms with Gasteiger partial charge in [0.05, 0.1) is 0 Å². The van der Waals surface area contributed by atoms with Crippen LogP contribution in [0.4, 0.5) is 0 Å². The van der Waals surface area contributed by atoms with Gasteiger partial charge in [-0.2, -0.15) is 0 Å². The number of hydrogen-bond acceptors (Lipinski definition) is 3. The molecule has 1 atom stereocenters. The minimum absolute atomic E-state index is 0.207. The summed E-state index contributed by atoms with van der Waals surface area (Å²) >= 11 is 0.